The average Bonchev–Trinajstić information content (AvgIpc) is 3.21. The molecule has 1 aliphatic heterocycles. The van der Waals surface area contributed by atoms with Gasteiger partial charge in [-0.3, -0.25) is 14.6 Å². The topological polar surface area (TPSA) is 113 Å². The van der Waals surface area contributed by atoms with Crippen molar-refractivity contribution >= 4 is 17.8 Å². The number of carbonyl (C=O) groups is 3. The summed E-state index contributed by atoms with van der Waals surface area (Å²) in [6.45, 7) is 0.792. The van der Waals surface area contributed by atoms with Crippen molar-refractivity contribution in [3.05, 3.63) is 53.7 Å². The number of nitrogens with one attached hydrogen (secondary N) is 1. The van der Waals surface area contributed by atoms with E-state index in [-0.39, 0.29) is 30.5 Å². The molecule has 0 unspecified atom stereocenters. The minimum atomic E-state index is -1.16. The predicted molar refractivity (Wildman–Crippen MR) is 85.3 cm³/mol. The van der Waals surface area contributed by atoms with Crippen molar-refractivity contribution in [2.75, 3.05) is 6.54 Å². The number of carboxylic acids is 1. The minimum Gasteiger partial charge on any atom is -0.475 e. The molecule has 0 saturated carbocycles. The highest BCUT2D eigenvalue weighted by Gasteiger charge is 2.34. The van der Waals surface area contributed by atoms with Crippen LogP contribution in [0.25, 0.3) is 0 Å². The molecule has 0 radical (unpaired) electrons. The number of furan rings is 1. The number of carbonyl (C=O) groups excluding carboxylic acids is 2. The van der Waals surface area contributed by atoms with Gasteiger partial charge in [0.1, 0.15) is 5.76 Å². The Kier molecular flexibility index (Phi) is 4.78. The number of amides is 2. The molecule has 1 aliphatic rings. The summed E-state index contributed by atoms with van der Waals surface area (Å²) in [7, 11) is 0. The number of aromatic carboxylic acids is 1. The number of rotatable bonds is 6. The number of carboxylic acid groups (broad SMARTS) is 1. The fourth-order valence-electron chi connectivity index (χ4n) is 2.69. The summed E-state index contributed by atoms with van der Waals surface area (Å²) in [5.41, 5.74) is 0.772. The second-order valence-corrected chi connectivity index (χ2v) is 5.79. The lowest BCUT2D eigenvalue weighted by Crippen LogP contribution is -2.32. The van der Waals surface area contributed by atoms with Crippen LogP contribution in [0.5, 0.6) is 0 Å². The number of pyridine rings is 1. The molecule has 2 N–H and O–H groups in total. The van der Waals surface area contributed by atoms with Crippen LogP contribution in [0.2, 0.25) is 0 Å². The molecule has 0 aliphatic carbocycles. The van der Waals surface area contributed by atoms with Gasteiger partial charge in [-0.05, 0) is 24.3 Å². The van der Waals surface area contributed by atoms with E-state index in [1.54, 1.807) is 17.2 Å². The lowest BCUT2D eigenvalue weighted by Gasteiger charge is -2.15. The van der Waals surface area contributed by atoms with Gasteiger partial charge in [0, 0.05) is 19.2 Å². The van der Waals surface area contributed by atoms with Crippen LogP contribution in [-0.2, 0) is 22.7 Å². The molecule has 3 rings (SSSR count). The second-order valence-electron chi connectivity index (χ2n) is 5.79. The molecule has 2 aromatic heterocycles. The van der Waals surface area contributed by atoms with E-state index >= 15 is 0 Å². The van der Waals surface area contributed by atoms with Crippen LogP contribution in [0.15, 0.2) is 40.9 Å². The van der Waals surface area contributed by atoms with Gasteiger partial charge in [0.05, 0.1) is 24.7 Å². The molecule has 8 heteroatoms. The number of hydrogen-bond acceptors (Lipinski definition) is 5. The minimum absolute atomic E-state index is 0.0804. The molecular weight excluding hydrogens is 326 g/mol. The molecule has 1 fully saturated rings. The highest BCUT2D eigenvalue weighted by molar-refractivity contribution is 5.89. The monoisotopic (exact) mass is 343 g/mol. The maximum absolute atomic E-state index is 12.2. The molecule has 2 aromatic rings. The normalized spacial score (nSPS) is 16.9. The van der Waals surface area contributed by atoms with E-state index < -0.39 is 11.9 Å². The Morgan fingerprint density at radius 2 is 2.16 bits per heavy atom. The quantitative estimate of drug-likeness (QED) is 0.810. The van der Waals surface area contributed by atoms with Gasteiger partial charge in [-0.15, -0.1) is 0 Å². The Hall–Kier alpha value is -3.16. The van der Waals surface area contributed by atoms with Crippen molar-refractivity contribution in [3.63, 3.8) is 0 Å². The summed E-state index contributed by atoms with van der Waals surface area (Å²) in [5.74, 6) is -1.78. The first-order chi connectivity index (χ1) is 12.0. The van der Waals surface area contributed by atoms with Crippen molar-refractivity contribution in [1.29, 1.82) is 0 Å². The highest BCUT2D eigenvalue weighted by Crippen LogP contribution is 2.20. The van der Waals surface area contributed by atoms with E-state index in [1.807, 2.05) is 12.1 Å². The Labute approximate surface area is 143 Å². The molecule has 0 aromatic carbocycles. The first-order valence-corrected chi connectivity index (χ1v) is 7.80. The lowest BCUT2D eigenvalue weighted by atomic mass is 10.1. The van der Waals surface area contributed by atoms with Crippen molar-refractivity contribution in [2.45, 2.75) is 19.5 Å². The Bertz CT molecular complexity index is 787. The van der Waals surface area contributed by atoms with Crippen LogP contribution < -0.4 is 5.32 Å². The number of nitrogens with zero attached hydrogens (tertiary/aromatic N) is 2. The first kappa shape index (κ1) is 16.7. The maximum atomic E-state index is 12.2. The predicted octanol–water partition coefficient (Wildman–Crippen LogP) is 1.04. The van der Waals surface area contributed by atoms with E-state index in [9.17, 15) is 14.4 Å². The van der Waals surface area contributed by atoms with E-state index in [4.69, 9.17) is 9.52 Å². The van der Waals surface area contributed by atoms with Crippen LogP contribution in [0.4, 0.5) is 0 Å². The fraction of sp³-hybridized carbons (Fsp3) is 0.294. The van der Waals surface area contributed by atoms with Gasteiger partial charge in [0.25, 0.3) is 0 Å². The van der Waals surface area contributed by atoms with E-state index in [0.717, 1.165) is 5.69 Å². The SMILES string of the molecule is O=C(O)c1ccc(CNC(=O)[C@H]2CC(=O)N(Cc3ccccn3)C2)o1. The summed E-state index contributed by atoms with van der Waals surface area (Å²) < 4.78 is 5.08. The van der Waals surface area contributed by atoms with Crippen molar-refractivity contribution in [1.82, 2.24) is 15.2 Å². The summed E-state index contributed by atoms with van der Waals surface area (Å²) in [6, 6.07) is 8.31. The molecule has 8 nitrogen and oxygen atoms in total. The van der Waals surface area contributed by atoms with Gasteiger partial charge in [-0.25, -0.2) is 4.79 Å². The summed E-state index contributed by atoms with van der Waals surface area (Å²) in [4.78, 5) is 40.9. The third-order valence-electron chi connectivity index (χ3n) is 3.97. The fourth-order valence-corrected chi connectivity index (χ4v) is 2.69. The molecule has 3 heterocycles. The molecule has 130 valence electrons. The van der Waals surface area contributed by atoms with Crippen LogP contribution in [-0.4, -0.2) is 39.3 Å². The average molecular weight is 343 g/mol. The van der Waals surface area contributed by atoms with Gasteiger partial charge in [-0.1, -0.05) is 6.07 Å². The largest absolute Gasteiger partial charge is 0.475 e. The highest BCUT2D eigenvalue weighted by atomic mass is 16.4. The van der Waals surface area contributed by atoms with Gasteiger partial charge in [0.15, 0.2) is 0 Å². The van der Waals surface area contributed by atoms with Crippen LogP contribution in [0.3, 0.4) is 0 Å². The molecular formula is C17H17N3O5. The number of likely N-dealkylation sites (tertiary alicyclic amines) is 1. The van der Waals surface area contributed by atoms with E-state index in [2.05, 4.69) is 10.3 Å². The van der Waals surface area contributed by atoms with Crippen LogP contribution >= 0.6 is 0 Å². The number of hydrogen-bond donors (Lipinski definition) is 2. The zero-order valence-electron chi connectivity index (χ0n) is 13.3. The molecule has 2 amide bonds. The smallest absolute Gasteiger partial charge is 0.371 e. The Morgan fingerprint density at radius 1 is 1.32 bits per heavy atom. The standard InChI is InChI=1S/C17H17N3O5/c21-15-7-11(9-20(15)10-12-3-1-2-6-18-12)16(22)19-8-13-4-5-14(25-13)17(23)24/h1-6,11H,7-10H2,(H,19,22)(H,23,24)/t11-/m0/s1. The van der Waals surface area contributed by atoms with Crippen molar-refractivity contribution < 1.29 is 23.9 Å². The third kappa shape index (κ3) is 4.03. The number of aromatic nitrogens is 1. The zero-order valence-corrected chi connectivity index (χ0v) is 13.3. The van der Waals surface area contributed by atoms with Gasteiger partial charge >= 0.3 is 5.97 Å². The second kappa shape index (κ2) is 7.16. The molecule has 0 bridgehead atoms. The zero-order chi connectivity index (χ0) is 17.8. The maximum Gasteiger partial charge on any atom is 0.371 e. The summed E-state index contributed by atoms with van der Waals surface area (Å²) in [6.07, 6.45) is 1.81. The molecule has 1 saturated heterocycles. The summed E-state index contributed by atoms with van der Waals surface area (Å²) in [5, 5.41) is 11.5. The van der Waals surface area contributed by atoms with Crippen LogP contribution in [0, 0.1) is 5.92 Å². The molecule has 1 atom stereocenters. The van der Waals surface area contributed by atoms with Crippen LogP contribution in [0.1, 0.15) is 28.4 Å². The Morgan fingerprint density at radius 3 is 2.84 bits per heavy atom. The Balaban J connectivity index is 1.52. The lowest BCUT2D eigenvalue weighted by molar-refractivity contribution is -0.129. The molecule has 0 spiro atoms. The third-order valence-corrected chi connectivity index (χ3v) is 3.97. The van der Waals surface area contributed by atoms with E-state index in [0.29, 0.717) is 18.8 Å². The summed E-state index contributed by atoms with van der Waals surface area (Å²) >= 11 is 0. The molecule has 25 heavy (non-hydrogen) atoms. The van der Waals surface area contributed by atoms with Crippen molar-refractivity contribution in [3.8, 4) is 0 Å². The van der Waals surface area contributed by atoms with Crippen molar-refractivity contribution in [2.24, 2.45) is 5.92 Å². The first-order valence-electron chi connectivity index (χ1n) is 7.80. The van der Waals surface area contributed by atoms with Gasteiger partial charge < -0.3 is 19.7 Å². The van der Waals surface area contributed by atoms with Gasteiger partial charge in [0.2, 0.25) is 17.6 Å². The van der Waals surface area contributed by atoms with E-state index in [1.165, 1.54) is 12.1 Å². The van der Waals surface area contributed by atoms with Gasteiger partial charge in [-0.2, -0.15) is 0 Å².